The van der Waals surface area contributed by atoms with Gasteiger partial charge in [-0.1, -0.05) is 0 Å². The maximum absolute atomic E-state index is 12.0. The first-order chi connectivity index (χ1) is 8.82. The molecule has 0 saturated carbocycles. The molecule has 0 aliphatic carbocycles. The Balaban J connectivity index is 2.60. The van der Waals surface area contributed by atoms with Crippen molar-refractivity contribution in [3.05, 3.63) is 0 Å². The molecule has 1 atom stereocenters. The Morgan fingerprint density at radius 3 is 2.58 bits per heavy atom. The van der Waals surface area contributed by atoms with Crippen LogP contribution in [-0.2, 0) is 4.74 Å². The molecule has 1 aliphatic heterocycles. The minimum atomic E-state index is -0.459. The summed E-state index contributed by atoms with van der Waals surface area (Å²) >= 11 is 0. The molecule has 1 fully saturated rings. The van der Waals surface area contributed by atoms with Crippen molar-refractivity contribution in [2.24, 2.45) is 11.1 Å². The number of carbonyl (C=O) groups excluding carboxylic acids is 1. The quantitative estimate of drug-likeness (QED) is 0.820. The molecule has 0 aromatic carbocycles. The zero-order chi connectivity index (χ0) is 14.5. The van der Waals surface area contributed by atoms with Gasteiger partial charge in [0.05, 0.1) is 0 Å². The van der Waals surface area contributed by atoms with Gasteiger partial charge in [-0.25, -0.2) is 4.79 Å². The van der Waals surface area contributed by atoms with Crippen LogP contribution in [-0.4, -0.2) is 47.9 Å². The number of rotatable bonds is 3. The lowest BCUT2D eigenvalue weighted by molar-refractivity contribution is 0.0249. The van der Waals surface area contributed by atoms with E-state index in [0.29, 0.717) is 26.1 Å². The molecule has 0 aromatic rings. The fourth-order valence-corrected chi connectivity index (χ4v) is 2.56. The van der Waals surface area contributed by atoms with Gasteiger partial charge >= 0.3 is 6.09 Å². The van der Waals surface area contributed by atoms with Crippen molar-refractivity contribution in [2.75, 3.05) is 26.2 Å². The van der Waals surface area contributed by atoms with Crippen LogP contribution < -0.4 is 5.73 Å². The van der Waals surface area contributed by atoms with Crippen LogP contribution >= 0.6 is 0 Å². The first-order valence-electron chi connectivity index (χ1n) is 7.11. The topological polar surface area (TPSA) is 75.8 Å². The molecule has 1 unspecified atom stereocenters. The third-order valence-corrected chi connectivity index (χ3v) is 3.77. The molecule has 0 aromatic heterocycles. The first kappa shape index (κ1) is 16.2. The van der Waals surface area contributed by atoms with Crippen molar-refractivity contribution in [1.29, 1.82) is 0 Å². The average molecular weight is 272 g/mol. The summed E-state index contributed by atoms with van der Waals surface area (Å²) in [6, 6.07) is 0. The van der Waals surface area contributed by atoms with Crippen LogP contribution in [0.3, 0.4) is 0 Å². The molecule has 112 valence electrons. The summed E-state index contributed by atoms with van der Waals surface area (Å²) in [6.45, 7) is 7.71. The van der Waals surface area contributed by atoms with E-state index >= 15 is 0 Å². The summed E-state index contributed by atoms with van der Waals surface area (Å²) in [5, 5.41) is 9.17. The normalized spacial score (nSPS) is 25.0. The second-order valence-electron chi connectivity index (χ2n) is 6.50. The van der Waals surface area contributed by atoms with Crippen LogP contribution in [0.5, 0.6) is 0 Å². The van der Waals surface area contributed by atoms with Crippen LogP contribution in [0.4, 0.5) is 4.79 Å². The highest BCUT2D eigenvalue weighted by molar-refractivity contribution is 5.68. The molecule has 0 radical (unpaired) electrons. The van der Waals surface area contributed by atoms with E-state index < -0.39 is 5.60 Å². The van der Waals surface area contributed by atoms with Gasteiger partial charge in [0.1, 0.15) is 5.60 Å². The molecule has 0 bridgehead atoms. The monoisotopic (exact) mass is 272 g/mol. The van der Waals surface area contributed by atoms with E-state index in [1.54, 1.807) is 4.90 Å². The molecule has 1 heterocycles. The molecule has 5 heteroatoms. The maximum atomic E-state index is 12.0. The van der Waals surface area contributed by atoms with E-state index in [1.165, 1.54) is 0 Å². The van der Waals surface area contributed by atoms with Gasteiger partial charge in [0.2, 0.25) is 0 Å². The van der Waals surface area contributed by atoms with Crippen molar-refractivity contribution < 1.29 is 14.6 Å². The number of nitrogens with zero attached hydrogens (tertiary/aromatic N) is 1. The third kappa shape index (κ3) is 4.99. The maximum Gasteiger partial charge on any atom is 0.410 e. The number of ether oxygens (including phenoxy) is 1. The van der Waals surface area contributed by atoms with Crippen LogP contribution in [0, 0.1) is 5.41 Å². The van der Waals surface area contributed by atoms with Crippen molar-refractivity contribution in [3.8, 4) is 0 Å². The highest BCUT2D eigenvalue weighted by Gasteiger charge is 2.33. The largest absolute Gasteiger partial charge is 0.444 e. The summed E-state index contributed by atoms with van der Waals surface area (Å²) < 4.78 is 5.40. The number of aliphatic hydroxyl groups is 1. The molecule has 5 nitrogen and oxygen atoms in total. The lowest BCUT2D eigenvalue weighted by atomic mass is 9.78. The SMILES string of the molecule is CC(C)(C)OC(=O)N1CCCC(CN)(CCO)CC1. The van der Waals surface area contributed by atoms with Crippen LogP contribution in [0.2, 0.25) is 0 Å². The van der Waals surface area contributed by atoms with Gasteiger partial charge in [0.15, 0.2) is 0 Å². The minimum absolute atomic E-state index is 0.0223. The van der Waals surface area contributed by atoms with Gasteiger partial charge in [-0.3, -0.25) is 0 Å². The molecule has 1 saturated heterocycles. The second-order valence-corrected chi connectivity index (χ2v) is 6.50. The Morgan fingerprint density at radius 1 is 1.37 bits per heavy atom. The Labute approximate surface area is 116 Å². The lowest BCUT2D eigenvalue weighted by Crippen LogP contribution is -2.38. The highest BCUT2D eigenvalue weighted by atomic mass is 16.6. The van der Waals surface area contributed by atoms with E-state index in [1.807, 2.05) is 20.8 Å². The molecule has 1 aliphatic rings. The predicted octanol–water partition coefficient (Wildman–Crippen LogP) is 1.73. The summed E-state index contributed by atoms with van der Waals surface area (Å²) in [6.07, 6.45) is 3.18. The van der Waals surface area contributed by atoms with Gasteiger partial charge in [0.25, 0.3) is 0 Å². The Morgan fingerprint density at radius 2 is 2.05 bits per heavy atom. The Hall–Kier alpha value is -0.810. The summed E-state index contributed by atoms with van der Waals surface area (Å²) in [4.78, 5) is 13.8. The zero-order valence-electron chi connectivity index (χ0n) is 12.4. The zero-order valence-corrected chi connectivity index (χ0v) is 12.4. The van der Waals surface area contributed by atoms with Gasteiger partial charge in [0, 0.05) is 19.7 Å². The van der Waals surface area contributed by atoms with Gasteiger partial charge in [-0.2, -0.15) is 0 Å². The number of amides is 1. The predicted molar refractivity (Wildman–Crippen MR) is 74.8 cm³/mol. The fraction of sp³-hybridized carbons (Fsp3) is 0.929. The molecule has 0 spiro atoms. The van der Waals surface area contributed by atoms with Crippen molar-refractivity contribution in [2.45, 2.75) is 52.1 Å². The molecule has 1 amide bonds. The van der Waals surface area contributed by atoms with E-state index in [-0.39, 0.29) is 18.1 Å². The summed E-state index contributed by atoms with van der Waals surface area (Å²) in [5.74, 6) is 0. The van der Waals surface area contributed by atoms with Crippen LogP contribution in [0.15, 0.2) is 0 Å². The molecular weight excluding hydrogens is 244 g/mol. The van der Waals surface area contributed by atoms with Gasteiger partial charge in [-0.05, 0) is 58.4 Å². The average Bonchev–Trinajstić information content (AvgIpc) is 2.51. The smallest absolute Gasteiger partial charge is 0.410 e. The van der Waals surface area contributed by atoms with E-state index in [4.69, 9.17) is 10.5 Å². The summed E-state index contributed by atoms with van der Waals surface area (Å²) in [5.41, 5.74) is 5.39. The molecule has 1 rings (SSSR count). The minimum Gasteiger partial charge on any atom is -0.444 e. The van der Waals surface area contributed by atoms with Crippen LogP contribution in [0.25, 0.3) is 0 Å². The number of hydrogen-bond donors (Lipinski definition) is 2. The van der Waals surface area contributed by atoms with Crippen LogP contribution in [0.1, 0.15) is 46.5 Å². The number of hydrogen-bond acceptors (Lipinski definition) is 4. The fourth-order valence-electron chi connectivity index (χ4n) is 2.56. The molecule has 3 N–H and O–H groups in total. The number of carbonyl (C=O) groups is 1. The first-order valence-corrected chi connectivity index (χ1v) is 7.11. The van der Waals surface area contributed by atoms with Gasteiger partial charge < -0.3 is 20.5 Å². The highest BCUT2D eigenvalue weighted by Crippen LogP contribution is 2.34. The van der Waals surface area contributed by atoms with E-state index in [9.17, 15) is 9.90 Å². The van der Waals surface area contributed by atoms with Crippen molar-refractivity contribution >= 4 is 6.09 Å². The number of aliphatic hydroxyl groups excluding tert-OH is 1. The van der Waals surface area contributed by atoms with Crippen molar-refractivity contribution in [1.82, 2.24) is 4.90 Å². The Kier molecular flexibility index (Phi) is 5.62. The van der Waals surface area contributed by atoms with Gasteiger partial charge in [-0.15, -0.1) is 0 Å². The second kappa shape index (κ2) is 6.57. The number of likely N-dealkylation sites (tertiary alicyclic amines) is 1. The van der Waals surface area contributed by atoms with Crippen molar-refractivity contribution in [3.63, 3.8) is 0 Å². The summed E-state index contributed by atoms with van der Waals surface area (Å²) in [7, 11) is 0. The number of nitrogens with two attached hydrogens (primary N) is 1. The third-order valence-electron chi connectivity index (χ3n) is 3.77. The lowest BCUT2D eigenvalue weighted by Gasteiger charge is -2.31. The van der Waals surface area contributed by atoms with E-state index in [0.717, 1.165) is 19.3 Å². The van der Waals surface area contributed by atoms with E-state index in [2.05, 4.69) is 0 Å². The Bertz CT molecular complexity index is 302. The standard InChI is InChI=1S/C14H28N2O3/c1-13(2,3)19-12(18)16-8-4-5-14(11-15,6-9-16)7-10-17/h17H,4-11,15H2,1-3H3. The molecule has 19 heavy (non-hydrogen) atoms. The molecular formula is C14H28N2O3.